The summed E-state index contributed by atoms with van der Waals surface area (Å²) in [5.74, 6) is 0. The Hall–Kier alpha value is -0.470. The molecular weight excluding hydrogens is 168 g/mol. The Morgan fingerprint density at radius 1 is 1.33 bits per heavy atom. The Morgan fingerprint density at radius 3 is 2.75 bits per heavy atom. The van der Waals surface area contributed by atoms with Gasteiger partial charge in [0, 0.05) is 11.5 Å². The average Bonchev–Trinajstić information content (AvgIpc) is 2.09. The molecule has 1 rings (SSSR count). The van der Waals surface area contributed by atoms with Crippen molar-refractivity contribution in [3.8, 4) is 0 Å². The number of hydrogen-bond acceptors (Lipinski definition) is 2. The van der Waals surface area contributed by atoms with Gasteiger partial charge in [-0.25, -0.2) is 0 Å². The molecule has 0 aliphatic carbocycles. The molecule has 0 aliphatic rings. The number of ether oxygens (including phenoxy) is 1. The van der Waals surface area contributed by atoms with Crippen LogP contribution >= 0.6 is 12.6 Å². The molecule has 66 valence electrons. The SMILES string of the molecule is CCCOCc1ccccc1S. The molecule has 1 nitrogen and oxygen atoms in total. The third-order valence-electron chi connectivity index (χ3n) is 1.60. The molecule has 0 unspecified atom stereocenters. The van der Waals surface area contributed by atoms with Gasteiger partial charge in [-0.1, -0.05) is 25.1 Å². The molecule has 0 bridgehead atoms. The molecule has 0 fully saturated rings. The van der Waals surface area contributed by atoms with E-state index < -0.39 is 0 Å². The van der Waals surface area contributed by atoms with E-state index in [1.54, 1.807) is 0 Å². The summed E-state index contributed by atoms with van der Waals surface area (Å²) in [5.41, 5.74) is 1.16. The minimum atomic E-state index is 0.674. The monoisotopic (exact) mass is 182 g/mol. The molecule has 0 atom stereocenters. The predicted octanol–water partition coefficient (Wildman–Crippen LogP) is 2.90. The molecular formula is C10H14OS. The standard InChI is InChI=1S/C10H14OS/c1-2-7-11-8-9-5-3-4-6-10(9)12/h3-6,12H,2,7-8H2,1H3. The first-order chi connectivity index (χ1) is 5.84. The molecule has 2 heteroatoms. The summed E-state index contributed by atoms with van der Waals surface area (Å²) in [5, 5.41) is 0. The van der Waals surface area contributed by atoms with Crippen LogP contribution in [0.25, 0.3) is 0 Å². The lowest BCUT2D eigenvalue weighted by Crippen LogP contribution is -1.94. The summed E-state index contributed by atoms with van der Waals surface area (Å²) in [6, 6.07) is 8.00. The van der Waals surface area contributed by atoms with E-state index in [0.717, 1.165) is 23.5 Å². The van der Waals surface area contributed by atoms with Gasteiger partial charge in [0.2, 0.25) is 0 Å². The molecule has 0 amide bonds. The Balaban J connectivity index is 2.46. The molecule has 0 heterocycles. The van der Waals surface area contributed by atoms with E-state index in [1.165, 1.54) is 0 Å². The van der Waals surface area contributed by atoms with Crippen LogP contribution in [0.2, 0.25) is 0 Å². The molecule has 0 aromatic heterocycles. The van der Waals surface area contributed by atoms with Crippen LogP contribution in [-0.2, 0) is 11.3 Å². The Kier molecular flexibility index (Phi) is 4.19. The van der Waals surface area contributed by atoms with Crippen LogP contribution in [0.1, 0.15) is 18.9 Å². The minimum absolute atomic E-state index is 0.674. The van der Waals surface area contributed by atoms with Gasteiger partial charge in [-0.3, -0.25) is 0 Å². The van der Waals surface area contributed by atoms with Crippen LogP contribution in [0.4, 0.5) is 0 Å². The second-order valence-electron chi connectivity index (χ2n) is 2.68. The molecule has 1 aromatic rings. The van der Waals surface area contributed by atoms with Crippen molar-refractivity contribution in [2.45, 2.75) is 24.8 Å². The third-order valence-corrected chi connectivity index (χ3v) is 2.03. The highest BCUT2D eigenvalue weighted by Gasteiger charge is 1.95. The van der Waals surface area contributed by atoms with Gasteiger partial charge < -0.3 is 4.74 Å². The zero-order valence-electron chi connectivity index (χ0n) is 7.29. The molecule has 12 heavy (non-hydrogen) atoms. The van der Waals surface area contributed by atoms with Crippen molar-refractivity contribution in [1.29, 1.82) is 0 Å². The number of benzene rings is 1. The molecule has 0 spiro atoms. The molecule has 0 radical (unpaired) electrons. The van der Waals surface area contributed by atoms with Crippen molar-refractivity contribution in [2.24, 2.45) is 0 Å². The maximum atomic E-state index is 5.40. The lowest BCUT2D eigenvalue weighted by atomic mass is 10.2. The molecule has 1 aromatic carbocycles. The lowest BCUT2D eigenvalue weighted by Gasteiger charge is -2.04. The van der Waals surface area contributed by atoms with Crippen LogP contribution in [-0.4, -0.2) is 6.61 Å². The largest absolute Gasteiger partial charge is 0.377 e. The van der Waals surface area contributed by atoms with Gasteiger partial charge in [-0.2, -0.15) is 0 Å². The maximum absolute atomic E-state index is 5.40. The lowest BCUT2D eigenvalue weighted by molar-refractivity contribution is 0.120. The third kappa shape index (κ3) is 2.88. The van der Waals surface area contributed by atoms with Gasteiger partial charge in [-0.15, -0.1) is 12.6 Å². The molecule has 0 saturated carbocycles. The summed E-state index contributed by atoms with van der Waals surface area (Å²) in [7, 11) is 0. The van der Waals surface area contributed by atoms with Crippen molar-refractivity contribution in [3.05, 3.63) is 29.8 Å². The maximum Gasteiger partial charge on any atom is 0.0727 e. The molecule has 0 saturated heterocycles. The number of hydrogen-bond donors (Lipinski definition) is 1. The average molecular weight is 182 g/mol. The number of rotatable bonds is 4. The fourth-order valence-electron chi connectivity index (χ4n) is 0.959. The van der Waals surface area contributed by atoms with Crippen LogP contribution in [0, 0.1) is 0 Å². The van der Waals surface area contributed by atoms with Crippen molar-refractivity contribution < 1.29 is 4.74 Å². The first-order valence-electron chi connectivity index (χ1n) is 4.19. The van der Waals surface area contributed by atoms with Gasteiger partial charge in [0.15, 0.2) is 0 Å². The first-order valence-corrected chi connectivity index (χ1v) is 4.64. The van der Waals surface area contributed by atoms with E-state index in [1.807, 2.05) is 24.3 Å². The Morgan fingerprint density at radius 2 is 2.08 bits per heavy atom. The van der Waals surface area contributed by atoms with E-state index >= 15 is 0 Å². The summed E-state index contributed by atoms with van der Waals surface area (Å²) < 4.78 is 5.40. The van der Waals surface area contributed by atoms with Crippen LogP contribution in [0.15, 0.2) is 29.2 Å². The van der Waals surface area contributed by atoms with Crippen LogP contribution in [0.5, 0.6) is 0 Å². The second kappa shape index (κ2) is 5.22. The van der Waals surface area contributed by atoms with E-state index in [2.05, 4.69) is 19.6 Å². The van der Waals surface area contributed by atoms with Crippen molar-refractivity contribution in [2.75, 3.05) is 6.61 Å². The van der Waals surface area contributed by atoms with E-state index in [-0.39, 0.29) is 0 Å². The summed E-state index contributed by atoms with van der Waals surface area (Å²) >= 11 is 4.32. The molecule has 0 aliphatic heterocycles. The highest BCUT2D eigenvalue weighted by atomic mass is 32.1. The normalized spacial score (nSPS) is 10.2. The molecule has 0 N–H and O–H groups in total. The minimum Gasteiger partial charge on any atom is -0.377 e. The highest BCUT2D eigenvalue weighted by molar-refractivity contribution is 7.80. The fourth-order valence-corrected chi connectivity index (χ4v) is 1.18. The summed E-state index contributed by atoms with van der Waals surface area (Å²) in [6.07, 6.45) is 1.06. The topological polar surface area (TPSA) is 9.23 Å². The van der Waals surface area contributed by atoms with Gasteiger partial charge in [0.05, 0.1) is 6.61 Å². The summed E-state index contributed by atoms with van der Waals surface area (Å²) in [4.78, 5) is 1.01. The highest BCUT2D eigenvalue weighted by Crippen LogP contribution is 2.13. The Bertz CT molecular complexity index is 235. The van der Waals surface area contributed by atoms with E-state index in [4.69, 9.17) is 4.74 Å². The van der Waals surface area contributed by atoms with Gasteiger partial charge in [-0.05, 0) is 18.1 Å². The van der Waals surface area contributed by atoms with Crippen molar-refractivity contribution in [1.82, 2.24) is 0 Å². The smallest absolute Gasteiger partial charge is 0.0727 e. The van der Waals surface area contributed by atoms with Crippen molar-refractivity contribution >= 4 is 12.6 Å². The Labute approximate surface area is 79.2 Å². The predicted molar refractivity (Wildman–Crippen MR) is 53.6 cm³/mol. The summed E-state index contributed by atoms with van der Waals surface area (Å²) in [6.45, 7) is 3.60. The van der Waals surface area contributed by atoms with Gasteiger partial charge in [0.1, 0.15) is 0 Å². The quantitative estimate of drug-likeness (QED) is 0.556. The van der Waals surface area contributed by atoms with Crippen molar-refractivity contribution in [3.63, 3.8) is 0 Å². The zero-order chi connectivity index (χ0) is 8.81. The fraction of sp³-hybridized carbons (Fsp3) is 0.400. The van der Waals surface area contributed by atoms with Crippen LogP contribution < -0.4 is 0 Å². The first kappa shape index (κ1) is 9.62. The zero-order valence-corrected chi connectivity index (χ0v) is 8.18. The van der Waals surface area contributed by atoms with Gasteiger partial charge >= 0.3 is 0 Å². The van der Waals surface area contributed by atoms with E-state index in [0.29, 0.717) is 6.61 Å². The van der Waals surface area contributed by atoms with Crippen LogP contribution in [0.3, 0.4) is 0 Å². The van der Waals surface area contributed by atoms with E-state index in [9.17, 15) is 0 Å². The van der Waals surface area contributed by atoms with Gasteiger partial charge in [0.25, 0.3) is 0 Å². The number of thiol groups is 1. The second-order valence-corrected chi connectivity index (χ2v) is 3.16.